The van der Waals surface area contributed by atoms with Crippen LogP contribution in [0.2, 0.25) is 0 Å². The molecule has 0 radical (unpaired) electrons. The molecule has 1 rings (SSSR count). The van der Waals surface area contributed by atoms with E-state index in [1.54, 1.807) is 0 Å². The highest BCUT2D eigenvalue weighted by Crippen LogP contribution is 2.32. The van der Waals surface area contributed by atoms with Gasteiger partial charge in [0.05, 0.1) is 19.1 Å². The van der Waals surface area contributed by atoms with Gasteiger partial charge in [-0.2, -0.15) is 5.26 Å². The summed E-state index contributed by atoms with van der Waals surface area (Å²) in [6, 6.07) is 2.09. The molecule has 0 aromatic carbocycles. The normalized spacial score (nSPS) is 23.2. The number of ketones is 1. The van der Waals surface area contributed by atoms with Crippen LogP contribution in [0, 0.1) is 23.2 Å². The van der Waals surface area contributed by atoms with E-state index in [-0.39, 0.29) is 23.6 Å². The van der Waals surface area contributed by atoms with E-state index in [2.05, 4.69) is 6.07 Å². The van der Waals surface area contributed by atoms with Gasteiger partial charge in [-0.25, -0.2) is 0 Å². The van der Waals surface area contributed by atoms with Crippen LogP contribution in [0.1, 0.15) is 38.5 Å². The van der Waals surface area contributed by atoms with Crippen molar-refractivity contribution in [3.05, 3.63) is 12.2 Å². The van der Waals surface area contributed by atoms with Crippen LogP contribution in [0.25, 0.3) is 0 Å². The lowest BCUT2D eigenvalue weighted by Crippen LogP contribution is -2.23. The minimum atomic E-state index is -0.274. The number of hydrogen-bond donors (Lipinski definition) is 0. The predicted molar refractivity (Wildman–Crippen MR) is 66.5 cm³/mol. The molecule has 4 nitrogen and oxygen atoms in total. The van der Waals surface area contributed by atoms with Crippen LogP contribution in [-0.4, -0.2) is 18.9 Å². The molecule has 0 saturated heterocycles. The van der Waals surface area contributed by atoms with Gasteiger partial charge in [-0.05, 0) is 25.7 Å². The van der Waals surface area contributed by atoms with E-state index in [4.69, 9.17) is 10.00 Å². The first-order valence-electron chi connectivity index (χ1n) is 6.33. The summed E-state index contributed by atoms with van der Waals surface area (Å²) >= 11 is 0. The van der Waals surface area contributed by atoms with Crippen molar-refractivity contribution in [3.8, 4) is 6.07 Å². The van der Waals surface area contributed by atoms with Crippen LogP contribution in [0.5, 0.6) is 0 Å². The monoisotopic (exact) mass is 249 g/mol. The minimum Gasteiger partial charge on any atom is -0.469 e. The van der Waals surface area contributed by atoms with Crippen LogP contribution >= 0.6 is 0 Å². The number of methoxy groups -OCH3 is 1. The lowest BCUT2D eigenvalue weighted by Gasteiger charge is -2.13. The second-order valence-electron chi connectivity index (χ2n) is 4.50. The molecule has 0 N–H and O–H groups in total. The van der Waals surface area contributed by atoms with Crippen LogP contribution in [0.15, 0.2) is 12.2 Å². The lowest BCUT2D eigenvalue weighted by atomic mass is 9.92. The Morgan fingerprint density at radius 2 is 2.33 bits per heavy atom. The van der Waals surface area contributed by atoms with Gasteiger partial charge >= 0.3 is 5.97 Å². The number of esters is 1. The van der Waals surface area contributed by atoms with Crippen LogP contribution in [0.4, 0.5) is 0 Å². The number of nitrogens with zero attached hydrogens (tertiary/aromatic N) is 1. The number of nitriles is 1. The van der Waals surface area contributed by atoms with Gasteiger partial charge in [0.1, 0.15) is 5.78 Å². The highest BCUT2D eigenvalue weighted by molar-refractivity contribution is 5.90. The third-order valence-corrected chi connectivity index (χ3v) is 3.32. The number of ether oxygens (including phenoxy) is 1. The smallest absolute Gasteiger partial charge is 0.309 e. The minimum absolute atomic E-state index is 0.159. The molecule has 0 amide bonds. The molecular formula is C14H19NO3. The fraction of sp³-hybridized carbons (Fsp3) is 0.643. The molecule has 0 bridgehead atoms. The molecule has 1 aliphatic rings. The molecule has 0 spiro atoms. The number of rotatable bonds is 6. The van der Waals surface area contributed by atoms with Gasteiger partial charge in [-0.1, -0.05) is 12.2 Å². The summed E-state index contributed by atoms with van der Waals surface area (Å²) in [6.07, 6.45) is 7.86. The number of carbonyl (C=O) groups is 2. The van der Waals surface area contributed by atoms with Crippen molar-refractivity contribution in [2.24, 2.45) is 11.8 Å². The van der Waals surface area contributed by atoms with E-state index in [1.165, 1.54) is 7.11 Å². The highest BCUT2D eigenvalue weighted by atomic mass is 16.5. The van der Waals surface area contributed by atoms with Crippen molar-refractivity contribution in [1.29, 1.82) is 5.26 Å². The Morgan fingerprint density at radius 1 is 1.56 bits per heavy atom. The summed E-state index contributed by atoms with van der Waals surface area (Å²) in [6.45, 7) is 0. The van der Waals surface area contributed by atoms with Crippen molar-refractivity contribution < 1.29 is 14.3 Å². The molecular weight excluding hydrogens is 230 g/mol. The Morgan fingerprint density at radius 3 is 3.00 bits per heavy atom. The molecule has 0 aromatic rings. The van der Waals surface area contributed by atoms with Gasteiger partial charge in [0.2, 0.25) is 0 Å². The second kappa shape index (κ2) is 7.65. The number of hydrogen-bond acceptors (Lipinski definition) is 4. The summed E-state index contributed by atoms with van der Waals surface area (Å²) < 4.78 is 4.72. The Balaban J connectivity index is 2.41. The Kier molecular flexibility index (Phi) is 6.13. The number of Topliss-reactive ketones (excluding diaryl/α,β-unsaturated/α-hetero) is 1. The zero-order valence-corrected chi connectivity index (χ0v) is 10.7. The van der Waals surface area contributed by atoms with E-state index in [1.807, 2.05) is 12.2 Å². The fourth-order valence-corrected chi connectivity index (χ4v) is 2.30. The van der Waals surface area contributed by atoms with E-state index < -0.39 is 0 Å². The van der Waals surface area contributed by atoms with Gasteiger partial charge in [0, 0.05) is 18.8 Å². The topological polar surface area (TPSA) is 67.2 Å². The fourth-order valence-electron chi connectivity index (χ4n) is 2.30. The maximum atomic E-state index is 11.7. The summed E-state index contributed by atoms with van der Waals surface area (Å²) in [5, 5.41) is 8.38. The van der Waals surface area contributed by atoms with E-state index in [0.717, 1.165) is 12.8 Å². The maximum absolute atomic E-state index is 11.7. The van der Waals surface area contributed by atoms with E-state index in [9.17, 15) is 9.59 Å². The van der Waals surface area contributed by atoms with E-state index >= 15 is 0 Å². The summed E-state index contributed by atoms with van der Waals surface area (Å²) in [5.41, 5.74) is 0. The van der Waals surface area contributed by atoms with Gasteiger partial charge < -0.3 is 4.74 Å². The van der Waals surface area contributed by atoms with Crippen molar-refractivity contribution in [2.75, 3.05) is 7.11 Å². The van der Waals surface area contributed by atoms with Gasteiger partial charge in [-0.15, -0.1) is 0 Å². The van der Waals surface area contributed by atoms with Crippen molar-refractivity contribution in [2.45, 2.75) is 38.5 Å². The highest BCUT2D eigenvalue weighted by Gasteiger charge is 2.38. The first-order valence-corrected chi connectivity index (χ1v) is 6.33. The van der Waals surface area contributed by atoms with E-state index in [0.29, 0.717) is 25.7 Å². The molecule has 4 heteroatoms. The molecule has 0 heterocycles. The number of allylic oxidation sites excluding steroid dienone is 2. The maximum Gasteiger partial charge on any atom is 0.309 e. The molecule has 1 saturated carbocycles. The zero-order valence-electron chi connectivity index (χ0n) is 10.7. The Hall–Kier alpha value is -1.63. The first-order chi connectivity index (χ1) is 8.70. The lowest BCUT2D eigenvalue weighted by molar-refractivity contribution is -0.147. The van der Waals surface area contributed by atoms with Crippen molar-refractivity contribution in [3.63, 3.8) is 0 Å². The largest absolute Gasteiger partial charge is 0.469 e. The van der Waals surface area contributed by atoms with Gasteiger partial charge in [0.25, 0.3) is 0 Å². The summed E-state index contributed by atoms with van der Waals surface area (Å²) in [4.78, 5) is 23.2. The van der Waals surface area contributed by atoms with Crippen molar-refractivity contribution >= 4 is 11.8 Å². The molecule has 1 fully saturated rings. The summed E-state index contributed by atoms with van der Waals surface area (Å²) in [5.74, 6) is -0.605. The second-order valence-corrected chi connectivity index (χ2v) is 4.50. The molecule has 18 heavy (non-hydrogen) atoms. The molecule has 98 valence electrons. The number of carbonyl (C=O) groups excluding carboxylic acids is 2. The van der Waals surface area contributed by atoms with Gasteiger partial charge in [0.15, 0.2) is 0 Å². The Labute approximate surface area is 108 Å². The molecule has 1 aliphatic carbocycles. The van der Waals surface area contributed by atoms with Crippen molar-refractivity contribution in [1.82, 2.24) is 0 Å². The third-order valence-electron chi connectivity index (χ3n) is 3.32. The standard InChI is InChI=1S/C14H19NO3/c1-18-14(17)12-8-9-13(16)11(12)7-5-3-2-4-6-10-15/h3,5,11-12H,2,4,6-9H2,1H3/t11-,12+/m1/s1. The van der Waals surface area contributed by atoms with Gasteiger partial charge in [-0.3, -0.25) is 9.59 Å². The predicted octanol–water partition coefficient (Wildman–Crippen LogP) is 2.39. The van der Waals surface area contributed by atoms with Crippen LogP contribution in [-0.2, 0) is 14.3 Å². The quantitative estimate of drug-likeness (QED) is 0.412. The average Bonchev–Trinajstić information content (AvgIpc) is 2.74. The zero-order chi connectivity index (χ0) is 13.4. The summed E-state index contributed by atoms with van der Waals surface area (Å²) in [7, 11) is 1.36. The molecule has 0 unspecified atom stereocenters. The molecule has 2 atom stereocenters. The first kappa shape index (κ1) is 14.4. The SMILES string of the molecule is COC(=O)[C@H]1CCC(=O)[C@@H]1CC=CCCCC#N. The average molecular weight is 249 g/mol. The number of unbranched alkanes of at least 4 members (excludes halogenated alkanes) is 2. The third kappa shape index (κ3) is 3.99. The molecule has 0 aromatic heterocycles. The van der Waals surface area contributed by atoms with Crippen LogP contribution < -0.4 is 0 Å². The molecule has 0 aliphatic heterocycles. The Bertz CT molecular complexity index is 368. The van der Waals surface area contributed by atoms with Crippen LogP contribution in [0.3, 0.4) is 0 Å².